The predicted molar refractivity (Wildman–Crippen MR) is 80.3 cm³/mol. The molecule has 1 aromatic rings. The fraction of sp³-hybridized carbons (Fsp3) is 0.538. The second-order valence-corrected chi connectivity index (χ2v) is 5.36. The van der Waals surface area contributed by atoms with Gasteiger partial charge in [-0.2, -0.15) is 25.3 Å². The number of nitrogens with zero attached hydrogens (tertiary/aromatic N) is 1. The number of anilines is 1. The molecule has 0 aromatic heterocycles. The number of hydrogen-bond donors (Lipinski definition) is 2. The van der Waals surface area contributed by atoms with Gasteiger partial charge in [0.05, 0.1) is 0 Å². The maximum absolute atomic E-state index is 4.44. The van der Waals surface area contributed by atoms with Crippen LogP contribution in [0.25, 0.3) is 0 Å². The van der Waals surface area contributed by atoms with Crippen LogP contribution in [0.4, 0.5) is 5.69 Å². The third-order valence-corrected chi connectivity index (χ3v) is 2.96. The molecule has 0 saturated carbocycles. The minimum absolute atomic E-state index is 0.400. The van der Waals surface area contributed by atoms with Gasteiger partial charge in [-0.25, -0.2) is 0 Å². The molecular weight excluding hydrogens is 234 g/mol. The number of thiol groups is 2. The molecule has 1 aromatic carbocycles. The fourth-order valence-electron chi connectivity index (χ4n) is 1.74. The number of rotatable bonds is 6. The molecule has 0 heterocycles. The van der Waals surface area contributed by atoms with Crippen LogP contribution in [0.1, 0.15) is 19.4 Å². The summed E-state index contributed by atoms with van der Waals surface area (Å²) < 4.78 is 0. The summed E-state index contributed by atoms with van der Waals surface area (Å²) in [4.78, 5) is 2.35. The van der Waals surface area contributed by atoms with Crippen LogP contribution in [0.5, 0.6) is 0 Å². The standard InChI is InChI=1S/C13H21NS2/c1-3-14(10-11(2)16)13-6-4-12(5-7-13)8-9-15/h4-7,11,15-16H,3,8-10H2,1-2H3. The van der Waals surface area contributed by atoms with Crippen LogP contribution in [0.15, 0.2) is 24.3 Å². The van der Waals surface area contributed by atoms with E-state index in [2.05, 4.69) is 68.3 Å². The second-order valence-electron chi connectivity index (χ2n) is 4.03. The molecule has 90 valence electrons. The molecule has 1 nitrogen and oxygen atoms in total. The van der Waals surface area contributed by atoms with Crippen molar-refractivity contribution in [3.8, 4) is 0 Å². The first-order valence-corrected chi connectivity index (χ1v) is 6.95. The summed E-state index contributed by atoms with van der Waals surface area (Å²) in [5, 5.41) is 0.400. The van der Waals surface area contributed by atoms with Gasteiger partial charge in [0, 0.05) is 24.0 Å². The Kier molecular flexibility index (Phi) is 6.14. The normalized spacial score (nSPS) is 12.5. The van der Waals surface area contributed by atoms with Gasteiger partial charge < -0.3 is 4.90 Å². The molecule has 0 N–H and O–H groups in total. The number of hydrogen-bond acceptors (Lipinski definition) is 3. The Hall–Kier alpha value is -0.280. The van der Waals surface area contributed by atoms with Crippen molar-refractivity contribution < 1.29 is 0 Å². The Morgan fingerprint density at radius 3 is 2.31 bits per heavy atom. The zero-order chi connectivity index (χ0) is 12.0. The fourth-order valence-corrected chi connectivity index (χ4v) is 2.19. The molecule has 0 saturated heterocycles. The molecule has 0 amide bonds. The zero-order valence-corrected chi connectivity index (χ0v) is 11.8. The van der Waals surface area contributed by atoms with Gasteiger partial charge in [-0.05, 0) is 36.8 Å². The monoisotopic (exact) mass is 255 g/mol. The summed E-state index contributed by atoms with van der Waals surface area (Å²) in [6, 6.07) is 8.77. The van der Waals surface area contributed by atoms with Crippen LogP contribution >= 0.6 is 25.3 Å². The van der Waals surface area contributed by atoms with Gasteiger partial charge in [0.15, 0.2) is 0 Å². The number of aryl methyl sites for hydroxylation is 1. The quantitative estimate of drug-likeness (QED) is 0.738. The Labute approximate surface area is 110 Å². The van der Waals surface area contributed by atoms with Crippen molar-refractivity contribution in [1.29, 1.82) is 0 Å². The second kappa shape index (κ2) is 7.13. The van der Waals surface area contributed by atoms with Crippen molar-refractivity contribution in [2.24, 2.45) is 0 Å². The molecule has 1 unspecified atom stereocenters. The lowest BCUT2D eigenvalue weighted by Gasteiger charge is -2.25. The summed E-state index contributed by atoms with van der Waals surface area (Å²) in [6.07, 6.45) is 1.04. The summed E-state index contributed by atoms with van der Waals surface area (Å²) >= 11 is 8.69. The first-order chi connectivity index (χ1) is 7.67. The van der Waals surface area contributed by atoms with Crippen LogP contribution in [-0.2, 0) is 6.42 Å². The smallest absolute Gasteiger partial charge is 0.0366 e. The van der Waals surface area contributed by atoms with E-state index in [0.29, 0.717) is 5.25 Å². The largest absolute Gasteiger partial charge is 0.371 e. The predicted octanol–water partition coefficient (Wildman–Crippen LogP) is 3.30. The van der Waals surface area contributed by atoms with E-state index in [1.807, 2.05) is 0 Å². The lowest BCUT2D eigenvalue weighted by atomic mass is 10.1. The molecule has 0 aliphatic heterocycles. The Morgan fingerprint density at radius 1 is 1.25 bits per heavy atom. The molecule has 1 atom stereocenters. The molecule has 0 aliphatic rings. The molecular formula is C13H21NS2. The highest BCUT2D eigenvalue weighted by atomic mass is 32.1. The lowest BCUT2D eigenvalue weighted by molar-refractivity contribution is 0.805. The van der Waals surface area contributed by atoms with Crippen molar-refractivity contribution in [3.05, 3.63) is 29.8 Å². The van der Waals surface area contributed by atoms with E-state index in [1.165, 1.54) is 11.3 Å². The average molecular weight is 255 g/mol. The van der Waals surface area contributed by atoms with Gasteiger partial charge in [0.1, 0.15) is 0 Å². The first kappa shape index (κ1) is 13.8. The third-order valence-electron chi connectivity index (χ3n) is 2.57. The van der Waals surface area contributed by atoms with E-state index in [0.717, 1.165) is 25.3 Å². The highest BCUT2D eigenvalue weighted by Gasteiger charge is 2.06. The Balaban J connectivity index is 2.70. The van der Waals surface area contributed by atoms with Gasteiger partial charge in [0.2, 0.25) is 0 Å². The van der Waals surface area contributed by atoms with Crippen molar-refractivity contribution in [2.45, 2.75) is 25.5 Å². The molecule has 16 heavy (non-hydrogen) atoms. The summed E-state index contributed by atoms with van der Waals surface area (Å²) in [5.74, 6) is 0.907. The summed E-state index contributed by atoms with van der Waals surface area (Å²) in [5.41, 5.74) is 2.64. The van der Waals surface area contributed by atoms with Crippen LogP contribution < -0.4 is 4.90 Å². The van der Waals surface area contributed by atoms with Gasteiger partial charge in [-0.3, -0.25) is 0 Å². The Morgan fingerprint density at radius 2 is 1.88 bits per heavy atom. The van der Waals surface area contributed by atoms with Gasteiger partial charge in [-0.1, -0.05) is 19.1 Å². The molecule has 0 fully saturated rings. The Bertz CT molecular complexity index is 295. The topological polar surface area (TPSA) is 3.24 Å². The molecule has 1 rings (SSSR count). The minimum atomic E-state index is 0.400. The van der Waals surface area contributed by atoms with E-state index >= 15 is 0 Å². The maximum Gasteiger partial charge on any atom is 0.0366 e. The molecule has 3 heteroatoms. The van der Waals surface area contributed by atoms with E-state index in [-0.39, 0.29) is 0 Å². The van der Waals surface area contributed by atoms with E-state index in [9.17, 15) is 0 Å². The van der Waals surface area contributed by atoms with Gasteiger partial charge in [0.25, 0.3) is 0 Å². The molecule has 0 spiro atoms. The van der Waals surface area contributed by atoms with Crippen LogP contribution in [0.2, 0.25) is 0 Å². The number of benzene rings is 1. The van der Waals surface area contributed by atoms with Gasteiger partial charge in [-0.15, -0.1) is 0 Å². The SMILES string of the molecule is CCN(CC(C)S)c1ccc(CCS)cc1. The van der Waals surface area contributed by atoms with E-state index in [4.69, 9.17) is 0 Å². The average Bonchev–Trinajstić information content (AvgIpc) is 2.27. The highest BCUT2D eigenvalue weighted by Crippen LogP contribution is 2.16. The van der Waals surface area contributed by atoms with Crippen molar-refractivity contribution in [2.75, 3.05) is 23.7 Å². The molecule has 0 radical (unpaired) electrons. The van der Waals surface area contributed by atoms with Gasteiger partial charge >= 0.3 is 0 Å². The molecule has 0 bridgehead atoms. The summed E-state index contributed by atoms with van der Waals surface area (Å²) in [6.45, 7) is 6.32. The lowest BCUT2D eigenvalue weighted by Crippen LogP contribution is -2.28. The highest BCUT2D eigenvalue weighted by molar-refractivity contribution is 7.81. The van der Waals surface area contributed by atoms with Crippen LogP contribution in [0.3, 0.4) is 0 Å². The van der Waals surface area contributed by atoms with E-state index in [1.54, 1.807) is 0 Å². The summed E-state index contributed by atoms with van der Waals surface area (Å²) in [7, 11) is 0. The van der Waals surface area contributed by atoms with E-state index < -0.39 is 0 Å². The molecule has 0 aliphatic carbocycles. The maximum atomic E-state index is 4.44. The van der Waals surface area contributed by atoms with Crippen molar-refractivity contribution in [1.82, 2.24) is 0 Å². The van der Waals surface area contributed by atoms with Crippen LogP contribution in [-0.4, -0.2) is 24.1 Å². The third kappa shape index (κ3) is 4.30. The van der Waals surface area contributed by atoms with Crippen LogP contribution in [0, 0.1) is 0 Å². The minimum Gasteiger partial charge on any atom is -0.371 e. The zero-order valence-electron chi connectivity index (χ0n) is 10.1. The van der Waals surface area contributed by atoms with Crippen molar-refractivity contribution >= 4 is 30.9 Å². The van der Waals surface area contributed by atoms with Crippen molar-refractivity contribution in [3.63, 3.8) is 0 Å². The first-order valence-electron chi connectivity index (χ1n) is 5.80.